The molecule has 0 heterocycles. The van der Waals surface area contributed by atoms with Crippen LogP contribution in [-0.2, 0) is 4.74 Å². The van der Waals surface area contributed by atoms with Crippen LogP contribution in [0.5, 0.6) is 0 Å². The van der Waals surface area contributed by atoms with Crippen molar-refractivity contribution in [3.63, 3.8) is 0 Å². The van der Waals surface area contributed by atoms with E-state index in [1.807, 2.05) is 0 Å². The molecule has 1 aliphatic rings. The lowest BCUT2D eigenvalue weighted by Crippen LogP contribution is -2.26. The predicted molar refractivity (Wildman–Crippen MR) is 69.5 cm³/mol. The quantitative estimate of drug-likeness (QED) is 0.676. The Morgan fingerprint density at radius 3 is 2.31 bits per heavy atom. The van der Waals surface area contributed by atoms with Gasteiger partial charge in [-0.3, -0.25) is 0 Å². The van der Waals surface area contributed by atoms with E-state index in [-0.39, 0.29) is 0 Å². The topological polar surface area (TPSA) is 35.2 Å². The molecular formula is C14H29NO. The van der Waals surface area contributed by atoms with Crippen LogP contribution in [0.1, 0.15) is 65.2 Å². The van der Waals surface area contributed by atoms with Crippen LogP contribution in [0.3, 0.4) is 0 Å². The van der Waals surface area contributed by atoms with Crippen LogP contribution >= 0.6 is 0 Å². The van der Waals surface area contributed by atoms with E-state index in [2.05, 4.69) is 13.8 Å². The number of hydrogen-bond acceptors (Lipinski definition) is 2. The summed E-state index contributed by atoms with van der Waals surface area (Å²) in [5.41, 5.74) is 6.01. The van der Waals surface area contributed by atoms with E-state index in [9.17, 15) is 0 Å². The van der Waals surface area contributed by atoms with Gasteiger partial charge in [0.25, 0.3) is 0 Å². The van der Waals surface area contributed by atoms with E-state index in [1.54, 1.807) is 0 Å². The van der Waals surface area contributed by atoms with Gasteiger partial charge >= 0.3 is 0 Å². The smallest absolute Gasteiger partial charge is 0.0575 e. The number of ether oxygens (including phenoxy) is 1. The molecule has 2 N–H and O–H groups in total. The largest absolute Gasteiger partial charge is 0.378 e. The first-order chi connectivity index (χ1) is 7.64. The van der Waals surface area contributed by atoms with Crippen molar-refractivity contribution >= 4 is 0 Å². The molecule has 0 radical (unpaired) electrons. The molecule has 0 aromatic carbocycles. The molecule has 0 aromatic rings. The molecule has 0 atom stereocenters. The molecule has 0 bridgehead atoms. The highest BCUT2D eigenvalue weighted by Gasteiger charge is 2.26. The SMILES string of the molecule is CC1(C)CCC(OCCCCCCN)CC1. The summed E-state index contributed by atoms with van der Waals surface area (Å²) in [6, 6.07) is 0. The standard InChI is InChI=1S/C14H29NO/c1-14(2)9-7-13(8-10-14)16-12-6-4-3-5-11-15/h13H,3-12,15H2,1-2H3. The second-order valence-corrected chi connectivity index (χ2v) is 5.94. The van der Waals surface area contributed by atoms with Crippen LogP contribution in [0.15, 0.2) is 0 Å². The minimum atomic E-state index is 0.544. The van der Waals surface area contributed by atoms with Gasteiger partial charge in [0.2, 0.25) is 0 Å². The Morgan fingerprint density at radius 2 is 1.69 bits per heavy atom. The van der Waals surface area contributed by atoms with Crippen molar-refractivity contribution in [2.75, 3.05) is 13.2 Å². The predicted octanol–water partition coefficient (Wildman–Crippen LogP) is 3.49. The van der Waals surface area contributed by atoms with Crippen molar-refractivity contribution in [1.82, 2.24) is 0 Å². The second kappa shape index (κ2) is 7.29. The van der Waals surface area contributed by atoms with E-state index < -0.39 is 0 Å². The third-order valence-electron chi connectivity index (χ3n) is 3.74. The Bertz CT molecular complexity index is 170. The van der Waals surface area contributed by atoms with Gasteiger partial charge in [-0.15, -0.1) is 0 Å². The van der Waals surface area contributed by atoms with Crippen LogP contribution in [0.4, 0.5) is 0 Å². The summed E-state index contributed by atoms with van der Waals surface area (Å²) in [7, 11) is 0. The molecule has 0 unspecified atom stereocenters. The fraction of sp³-hybridized carbons (Fsp3) is 1.00. The van der Waals surface area contributed by atoms with Gasteiger partial charge in [-0.2, -0.15) is 0 Å². The van der Waals surface area contributed by atoms with E-state index in [0.717, 1.165) is 19.6 Å². The molecule has 0 saturated heterocycles. The highest BCUT2D eigenvalue weighted by Crippen LogP contribution is 2.36. The average Bonchev–Trinajstić information content (AvgIpc) is 2.25. The van der Waals surface area contributed by atoms with Crippen LogP contribution in [0, 0.1) is 5.41 Å². The molecule has 1 rings (SSSR count). The zero-order valence-corrected chi connectivity index (χ0v) is 11.1. The van der Waals surface area contributed by atoms with E-state index >= 15 is 0 Å². The van der Waals surface area contributed by atoms with Crippen molar-refractivity contribution in [3.8, 4) is 0 Å². The third kappa shape index (κ3) is 5.86. The minimum absolute atomic E-state index is 0.544. The summed E-state index contributed by atoms with van der Waals surface area (Å²) in [5.74, 6) is 0. The monoisotopic (exact) mass is 227 g/mol. The van der Waals surface area contributed by atoms with Gasteiger partial charge in [0.05, 0.1) is 6.10 Å². The molecular weight excluding hydrogens is 198 g/mol. The van der Waals surface area contributed by atoms with Gasteiger partial charge in [-0.05, 0) is 50.5 Å². The second-order valence-electron chi connectivity index (χ2n) is 5.94. The number of unbranched alkanes of at least 4 members (excludes halogenated alkanes) is 3. The van der Waals surface area contributed by atoms with Crippen molar-refractivity contribution in [1.29, 1.82) is 0 Å². The highest BCUT2D eigenvalue weighted by atomic mass is 16.5. The van der Waals surface area contributed by atoms with Crippen molar-refractivity contribution < 1.29 is 4.74 Å². The first kappa shape index (κ1) is 14.0. The van der Waals surface area contributed by atoms with Gasteiger partial charge in [-0.1, -0.05) is 26.7 Å². The molecule has 96 valence electrons. The fourth-order valence-electron chi connectivity index (χ4n) is 2.39. The van der Waals surface area contributed by atoms with Crippen LogP contribution in [-0.4, -0.2) is 19.3 Å². The van der Waals surface area contributed by atoms with Crippen molar-refractivity contribution in [2.24, 2.45) is 11.1 Å². The van der Waals surface area contributed by atoms with Gasteiger partial charge < -0.3 is 10.5 Å². The molecule has 0 amide bonds. The Morgan fingerprint density at radius 1 is 1.06 bits per heavy atom. The van der Waals surface area contributed by atoms with Gasteiger partial charge in [-0.25, -0.2) is 0 Å². The maximum Gasteiger partial charge on any atom is 0.0575 e. The molecule has 0 spiro atoms. The van der Waals surface area contributed by atoms with Gasteiger partial charge in [0.1, 0.15) is 0 Å². The zero-order chi connectivity index (χ0) is 11.9. The molecule has 2 nitrogen and oxygen atoms in total. The maximum absolute atomic E-state index is 5.93. The summed E-state index contributed by atoms with van der Waals surface area (Å²) in [4.78, 5) is 0. The average molecular weight is 227 g/mol. The first-order valence-corrected chi connectivity index (χ1v) is 6.96. The van der Waals surface area contributed by atoms with Crippen LogP contribution < -0.4 is 5.73 Å². The molecule has 1 saturated carbocycles. The van der Waals surface area contributed by atoms with Crippen LogP contribution in [0.25, 0.3) is 0 Å². The van der Waals surface area contributed by atoms with Crippen molar-refractivity contribution in [2.45, 2.75) is 71.3 Å². The number of hydrogen-bond donors (Lipinski definition) is 1. The molecule has 1 fully saturated rings. The Labute approximate surface area is 101 Å². The molecule has 0 aromatic heterocycles. The Balaban J connectivity index is 1.94. The Hall–Kier alpha value is -0.0800. The lowest BCUT2D eigenvalue weighted by molar-refractivity contribution is 0.00274. The molecule has 16 heavy (non-hydrogen) atoms. The molecule has 2 heteroatoms. The van der Waals surface area contributed by atoms with Crippen LogP contribution in [0.2, 0.25) is 0 Å². The summed E-state index contributed by atoms with van der Waals surface area (Å²) in [6.07, 6.45) is 10.6. The first-order valence-electron chi connectivity index (χ1n) is 6.96. The van der Waals surface area contributed by atoms with Gasteiger partial charge in [0, 0.05) is 6.61 Å². The summed E-state index contributed by atoms with van der Waals surface area (Å²) in [6.45, 7) is 6.53. The number of nitrogens with two attached hydrogens (primary N) is 1. The summed E-state index contributed by atoms with van der Waals surface area (Å²) >= 11 is 0. The van der Waals surface area contributed by atoms with E-state index in [4.69, 9.17) is 10.5 Å². The fourth-order valence-corrected chi connectivity index (χ4v) is 2.39. The minimum Gasteiger partial charge on any atom is -0.378 e. The summed E-state index contributed by atoms with van der Waals surface area (Å²) in [5, 5.41) is 0. The summed E-state index contributed by atoms with van der Waals surface area (Å²) < 4.78 is 5.93. The Kier molecular flexibility index (Phi) is 6.37. The van der Waals surface area contributed by atoms with E-state index in [1.165, 1.54) is 44.9 Å². The normalized spacial score (nSPS) is 21.2. The number of rotatable bonds is 7. The third-order valence-corrected chi connectivity index (χ3v) is 3.74. The molecule has 1 aliphatic carbocycles. The lowest BCUT2D eigenvalue weighted by Gasteiger charge is -2.34. The van der Waals surface area contributed by atoms with Crippen molar-refractivity contribution in [3.05, 3.63) is 0 Å². The van der Waals surface area contributed by atoms with E-state index in [0.29, 0.717) is 11.5 Å². The lowest BCUT2D eigenvalue weighted by atomic mass is 9.76. The highest BCUT2D eigenvalue weighted by molar-refractivity contribution is 4.78. The van der Waals surface area contributed by atoms with Gasteiger partial charge in [0.15, 0.2) is 0 Å². The maximum atomic E-state index is 5.93. The zero-order valence-electron chi connectivity index (χ0n) is 11.1. The molecule has 0 aliphatic heterocycles.